The third kappa shape index (κ3) is 1.85. The number of nitrogens with zero attached hydrogens (tertiary/aromatic N) is 1. The molecule has 1 aromatic carbocycles. The molecule has 96 valence electrons. The van der Waals surface area contributed by atoms with Crippen molar-refractivity contribution in [3.05, 3.63) is 47.5 Å². The zero-order chi connectivity index (χ0) is 13.5. The van der Waals surface area contributed by atoms with Crippen molar-refractivity contribution < 1.29 is 14.7 Å². The molecule has 0 bridgehead atoms. The van der Waals surface area contributed by atoms with Crippen molar-refractivity contribution in [3.8, 4) is 0 Å². The lowest BCUT2D eigenvalue weighted by Gasteiger charge is -2.35. The molecule has 0 spiro atoms. The van der Waals surface area contributed by atoms with Gasteiger partial charge in [0.2, 0.25) is 0 Å². The molecule has 7 heteroatoms. The molecule has 0 radical (unpaired) electrons. The lowest BCUT2D eigenvalue weighted by molar-refractivity contribution is -0.121. The van der Waals surface area contributed by atoms with Gasteiger partial charge in [0, 0.05) is 5.56 Å². The second-order valence-corrected chi connectivity index (χ2v) is 4.15. The second-order valence-electron chi connectivity index (χ2n) is 4.15. The van der Waals surface area contributed by atoms with Gasteiger partial charge in [0.15, 0.2) is 0 Å². The Bertz CT molecular complexity index is 623. The molecule has 7 nitrogen and oxygen atoms in total. The van der Waals surface area contributed by atoms with E-state index in [0.29, 0.717) is 5.71 Å². The highest BCUT2D eigenvalue weighted by molar-refractivity contribution is 6.17. The molecule has 4 N–H and O–H groups in total. The molecule has 2 heterocycles. The zero-order valence-corrected chi connectivity index (χ0v) is 9.68. The smallest absolute Gasteiger partial charge is 0.325 e. The molecule has 3 rings (SSSR count). The van der Waals surface area contributed by atoms with Gasteiger partial charge in [-0.3, -0.25) is 20.9 Å². The molecular weight excluding hydrogens is 248 g/mol. The summed E-state index contributed by atoms with van der Waals surface area (Å²) in [6, 6.07) is 8.38. The van der Waals surface area contributed by atoms with Gasteiger partial charge in [-0.05, 0) is 6.08 Å². The molecule has 0 saturated carbocycles. The van der Waals surface area contributed by atoms with Crippen LogP contribution in [0, 0.1) is 0 Å². The van der Waals surface area contributed by atoms with Crippen LogP contribution < -0.4 is 16.1 Å². The van der Waals surface area contributed by atoms with Crippen LogP contribution in [0.15, 0.2) is 47.1 Å². The number of benzene rings is 1. The Morgan fingerprint density at radius 2 is 1.89 bits per heavy atom. The summed E-state index contributed by atoms with van der Waals surface area (Å²) in [7, 11) is 0. The van der Waals surface area contributed by atoms with Crippen LogP contribution in [0.4, 0.5) is 4.79 Å². The number of hydrogen-bond acceptors (Lipinski definition) is 5. The standard InChI is InChI=1S/C12H10N4O3/c17-10-8-6-9(7-4-2-1-3-5-7)15-16-12(8,19)14-11(18)13-10/h1-6,16,19H,(H2,13,14,17,18)/t12-/m1/s1. The molecule has 0 aliphatic carbocycles. The highest BCUT2D eigenvalue weighted by Gasteiger charge is 2.44. The van der Waals surface area contributed by atoms with E-state index in [9.17, 15) is 14.7 Å². The van der Waals surface area contributed by atoms with E-state index in [4.69, 9.17) is 0 Å². The van der Waals surface area contributed by atoms with Gasteiger partial charge in [-0.25, -0.2) is 4.79 Å². The summed E-state index contributed by atoms with van der Waals surface area (Å²) in [6.45, 7) is 0. The summed E-state index contributed by atoms with van der Waals surface area (Å²) in [5.74, 6) is -2.63. The van der Waals surface area contributed by atoms with E-state index in [1.165, 1.54) is 6.08 Å². The minimum Gasteiger partial charge on any atom is -0.349 e. The predicted octanol–water partition coefficient (Wildman–Crippen LogP) is -0.594. The fourth-order valence-electron chi connectivity index (χ4n) is 1.92. The number of allylic oxidation sites excluding steroid dienone is 1. The maximum absolute atomic E-state index is 11.7. The topological polar surface area (TPSA) is 103 Å². The number of imide groups is 1. The summed E-state index contributed by atoms with van der Waals surface area (Å²) in [5, 5.41) is 18.3. The fraction of sp³-hybridized carbons (Fsp3) is 0.0833. The fourth-order valence-corrected chi connectivity index (χ4v) is 1.92. The van der Waals surface area contributed by atoms with Crippen molar-refractivity contribution in [2.24, 2.45) is 5.10 Å². The van der Waals surface area contributed by atoms with Crippen molar-refractivity contribution in [1.82, 2.24) is 16.1 Å². The van der Waals surface area contributed by atoms with Crippen LogP contribution in [0.3, 0.4) is 0 Å². The highest BCUT2D eigenvalue weighted by Crippen LogP contribution is 2.20. The SMILES string of the molecule is O=C1NC(=O)C2=CC(c3ccccc3)=NN[C@]2(O)N1. The van der Waals surface area contributed by atoms with Crippen molar-refractivity contribution in [3.63, 3.8) is 0 Å². The van der Waals surface area contributed by atoms with Gasteiger partial charge in [0.1, 0.15) is 0 Å². The van der Waals surface area contributed by atoms with E-state index in [0.717, 1.165) is 5.56 Å². The minimum atomic E-state index is -1.96. The van der Waals surface area contributed by atoms with E-state index >= 15 is 0 Å². The first kappa shape index (κ1) is 11.4. The first-order valence-electron chi connectivity index (χ1n) is 5.57. The number of fused-ring (bicyclic) bond motifs is 1. The Morgan fingerprint density at radius 1 is 1.16 bits per heavy atom. The van der Waals surface area contributed by atoms with Gasteiger partial charge in [0.25, 0.3) is 11.8 Å². The van der Waals surface area contributed by atoms with Gasteiger partial charge < -0.3 is 5.11 Å². The van der Waals surface area contributed by atoms with Crippen molar-refractivity contribution in [1.29, 1.82) is 0 Å². The van der Waals surface area contributed by atoms with Crippen molar-refractivity contribution >= 4 is 17.6 Å². The van der Waals surface area contributed by atoms with Crippen LogP contribution in [-0.2, 0) is 4.79 Å². The van der Waals surface area contributed by atoms with E-state index in [2.05, 4.69) is 21.2 Å². The number of nitrogens with one attached hydrogen (secondary N) is 3. The number of carbonyl (C=O) groups is 2. The number of rotatable bonds is 1. The molecule has 2 aliphatic heterocycles. The number of aliphatic hydroxyl groups is 1. The van der Waals surface area contributed by atoms with E-state index < -0.39 is 17.8 Å². The van der Waals surface area contributed by atoms with Gasteiger partial charge in [-0.2, -0.15) is 5.10 Å². The van der Waals surface area contributed by atoms with Crippen LogP contribution in [0.1, 0.15) is 5.56 Å². The average Bonchev–Trinajstić information content (AvgIpc) is 2.38. The summed E-state index contributed by atoms with van der Waals surface area (Å²) in [6.07, 6.45) is 1.43. The molecule has 1 saturated heterocycles. The first-order valence-corrected chi connectivity index (χ1v) is 5.57. The molecule has 1 fully saturated rings. The van der Waals surface area contributed by atoms with Crippen LogP contribution >= 0.6 is 0 Å². The Labute approximate surface area is 108 Å². The summed E-state index contributed by atoms with van der Waals surface area (Å²) in [5.41, 5.74) is 3.65. The van der Waals surface area contributed by atoms with E-state index in [-0.39, 0.29) is 5.57 Å². The molecule has 1 atom stereocenters. The largest absolute Gasteiger partial charge is 0.349 e. The van der Waals surface area contributed by atoms with Crippen molar-refractivity contribution in [2.75, 3.05) is 0 Å². The highest BCUT2D eigenvalue weighted by atomic mass is 16.3. The monoisotopic (exact) mass is 258 g/mol. The third-order valence-electron chi connectivity index (χ3n) is 2.84. The number of urea groups is 1. The van der Waals surface area contributed by atoms with Gasteiger partial charge in [-0.1, -0.05) is 30.3 Å². The Hall–Kier alpha value is -2.67. The second kappa shape index (κ2) is 3.92. The van der Waals surface area contributed by atoms with Crippen LogP contribution in [0.25, 0.3) is 0 Å². The molecule has 0 unspecified atom stereocenters. The maximum Gasteiger partial charge on any atom is 0.325 e. The molecule has 1 aromatic rings. The van der Waals surface area contributed by atoms with Gasteiger partial charge >= 0.3 is 6.03 Å². The summed E-state index contributed by atoms with van der Waals surface area (Å²) in [4.78, 5) is 22.9. The Balaban J connectivity index is 2.01. The number of carbonyl (C=O) groups excluding carboxylic acids is 2. The predicted molar refractivity (Wildman–Crippen MR) is 65.8 cm³/mol. The summed E-state index contributed by atoms with van der Waals surface area (Å²) >= 11 is 0. The van der Waals surface area contributed by atoms with E-state index in [1.807, 2.05) is 30.3 Å². The first-order chi connectivity index (χ1) is 9.08. The average molecular weight is 258 g/mol. The molecular formula is C12H10N4O3. The van der Waals surface area contributed by atoms with Gasteiger partial charge in [-0.15, -0.1) is 0 Å². The maximum atomic E-state index is 11.7. The quantitative estimate of drug-likeness (QED) is 0.540. The molecule has 2 aliphatic rings. The lowest BCUT2D eigenvalue weighted by Crippen LogP contribution is -2.69. The van der Waals surface area contributed by atoms with Crippen LogP contribution in [0.2, 0.25) is 0 Å². The molecule has 0 aromatic heterocycles. The Morgan fingerprint density at radius 3 is 2.63 bits per heavy atom. The van der Waals surface area contributed by atoms with Gasteiger partial charge in [0.05, 0.1) is 11.3 Å². The third-order valence-corrected chi connectivity index (χ3v) is 2.84. The van der Waals surface area contributed by atoms with E-state index in [1.54, 1.807) is 0 Å². The number of hydrogen-bond donors (Lipinski definition) is 4. The van der Waals surface area contributed by atoms with Crippen LogP contribution in [0.5, 0.6) is 0 Å². The normalized spacial score (nSPS) is 25.3. The Kier molecular flexibility index (Phi) is 2.36. The summed E-state index contributed by atoms with van der Waals surface area (Å²) < 4.78 is 0. The molecule has 19 heavy (non-hydrogen) atoms. The van der Waals surface area contributed by atoms with Crippen molar-refractivity contribution in [2.45, 2.75) is 5.85 Å². The molecule has 3 amide bonds. The number of amides is 3. The minimum absolute atomic E-state index is 0.0130. The zero-order valence-electron chi connectivity index (χ0n) is 9.68. The lowest BCUT2D eigenvalue weighted by atomic mass is 10.0. The number of hydrazone groups is 1. The van der Waals surface area contributed by atoms with Crippen LogP contribution in [-0.4, -0.2) is 28.6 Å².